The highest BCUT2D eigenvalue weighted by Crippen LogP contribution is 2.34. The molecule has 0 aromatic carbocycles. The molecule has 1 aromatic heterocycles. The summed E-state index contributed by atoms with van der Waals surface area (Å²) in [6.07, 6.45) is 6.01. The molecule has 0 aliphatic heterocycles. The molecule has 0 saturated carbocycles. The monoisotopic (exact) mass is 282 g/mol. The Morgan fingerprint density at radius 3 is 2.47 bits per heavy atom. The van der Waals surface area contributed by atoms with Crippen molar-refractivity contribution in [2.45, 2.75) is 78.2 Å². The molecular weight excluding hydrogens is 252 g/mol. The summed E-state index contributed by atoms with van der Waals surface area (Å²) in [5.74, 6) is 0.525. The smallest absolute Gasteiger partial charge is 0.113 e. The molecule has 0 aliphatic rings. The lowest BCUT2D eigenvalue weighted by atomic mass is 9.90. The van der Waals surface area contributed by atoms with Crippen LogP contribution in [0.25, 0.3) is 0 Å². The number of thiazole rings is 1. The van der Waals surface area contributed by atoms with Crippen LogP contribution in [0.1, 0.15) is 83.3 Å². The molecule has 1 N–H and O–H groups in total. The quantitative estimate of drug-likeness (QED) is 0.684. The van der Waals surface area contributed by atoms with E-state index in [2.05, 4.69) is 45.3 Å². The van der Waals surface area contributed by atoms with E-state index in [0.29, 0.717) is 5.92 Å². The molecule has 0 bridgehead atoms. The zero-order valence-corrected chi connectivity index (χ0v) is 14.1. The summed E-state index contributed by atoms with van der Waals surface area (Å²) in [4.78, 5) is 4.91. The van der Waals surface area contributed by atoms with Crippen LogP contribution in [0, 0.1) is 0 Å². The van der Waals surface area contributed by atoms with Crippen molar-refractivity contribution < 1.29 is 0 Å². The van der Waals surface area contributed by atoms with Gasteiger partial charge in [0.15, 0.2) is 0 Å². The minimum absolute atomic E-state index is 0.101. The normalized spacial score (nSPS) is 14.8. The van der Waals surface area contributed by atoms with Gasteiger partial charge in [0.2, 0.25) is 0 Å². The molecule has 3 heteroatoms. The van der Waals surface area contributed by atoms with Crippen molar-refractivity contribution in [3.05, 3.63) is 16.1 Å². The molecule has 1 aromatic rings. The van der Waals surface area contributed by atoms with E-state index in [1.165, 1.54) is 36.4 Å². The van der Waals surface area contributed by atoms with Crippen molar-refractivity contribution in [1.29, 1.82) is 0 Å². The number of unbranched alkanes of at least 4 members (excludes halogenated alkanes) is 1. The summed E-state index contributed by atoms with van der Waals surface area (Å²) >= 11 is 1.84. The fraction of sp³-hybridized carbons (Fsp3) is 0.812. The molecule has 1 unspecified atom stereocenters. The molecule has 110 valence electrons. The highest BCUT2D eigenvalue weighted by atomic mass is 32.1. The Labute approximate surface area is 123 Å². The van der Waals surface area contributed by atoms with E-state index in [9.17, 15) is 0 Å². The number of hydrogen-bond acceptors (Lipinski definition) is 3. The molecule has 0 spiro atoms. The van der Waals surface area contributed by atoms with E-state index >= 15 is 0 Å². The van der Waals surface area contributed by atoms with Gasteiger partial charge in [0.25, 0.3) is 0 Å². The van der Waals surface area contributed by atoms with Crippen LogP contribution in [-0.2, 0) is 5.54 Å². The van der Waals surface area contributed by atoms with Gasteiger partial charge in [0, 0.05) is 5.38 Å². The van der Waals surface area contributed by atoms with E-state index in [1.54, 1.807) is 0 Å². The van der Waals surface area contributed by atoms with Crippen LogP contribution >= 0.6 is 11.3 Å². The molecule has 1 rings (SSSR count). The Bertz CT molecular complexity index is 349. The first-order valence-corrected chi connectivity index (χ1v) is 8.68. The molecule has 0 fully saturated rings. The van der Waals surface area contributed by atoms with E-state index in [4.69, 9.17) is 4.98 Å². The third kappa shape index (κ3) is 4.28. The van der Waals surface area contributed by atoms with Gasteiger partial charge < -0.3 is 5.32 Å². The highest BCUT2D eigenvalue weighted by Gasteiger charge is 2.32. The maximum atomic E-state index is 4.91. The van der Waals surface area contributed by atoms with Gasteiger partial charge in [-0.2, -0.15) is 0 Å². The van der Waals surface area contributed by atoms with E-state index in [1.807, 2.05) is 11.3 Å². The Kier molecular flexibility index (Phi) is 7.01. The summed E-state index contributed by atoms with van der Waals surface area (Å²) in [6, 6.07) is 0. The van der Waals surface area contributed by atoms with Crippen molar-refractivity contribution in [2.75, 3.05) is 6.54 Å². The SMILES string of the molecule is CCCCC(CC)(NCCC)c1nc(C(C)C)cs1. The lowest BCUT2D eigenvalue weighted by Crippen LogP contribution is -2.42. The third-order valence-corrected chi connectivity index (χ3v) is 4.86. The van der Waals surface area contributed by atoms with E-state index in [-0.39, 0.29) is 5.54 Å². The van der Waals surface area contributed by atoms with Crippen LogP contribution in [0.5, 0.6) is 0 Å². The largest absolute Gasteiger partial charge is 0.305 e. The van der Waals surface area contributed by atoms with Gasteiger partial charge in [0.05, 0.1) is 11.2 Å². The van der Waals surface area contributed by atoms with E-state index < -0.39 is 0 Å². The number of aromatic nitrogens is 1. The summed E-state index contributed by atoms with van der Waals surface area (Å²) in [5, 5.41) is 7.32. The zero-order chi connectivity index (χ0) is 14.3. The Morgan fingerprint density at radius 1 is 1.26 bits per heavy atom. The fourth-order valence-electron chi connectivity index (χ4n) is 2.34. The Morgan fingerprint density at radius 2 is 2.00 bits per heavy atom. The van der Waals surface area contributed by atoms with Gasteiger partial charge in [0.1, 0.15) is 5.01 Å². The van der Waals surface area contributed by atoms with Crippen LogP contribution in [0.3, 0.4) is 0 Å². The van der Waals surface area contributed by atoms with Crippen molar-refractivity contribution in [3.63, 3.8) is 0 Å². The molecule has 19 heavy (non-hydrogen) atoms. The average Bonchev–Trinajstić information content (AvgIpc) is 2.90. The second-order valence-electron chi connectivity index (χ2n) is 5.70. The lowest BCUT2D eigenvalue weighted by molar-refractivity contribution is 0.287. The van der Waals surface area contributed by atoms with Crippen molar-refractivity contribution >= 4 is 11.3 Å². The first-order chi connectivity index (χ1) is 9.09. The summed E-state index contributed by atoms with van der Waals surface area (Å²) in [7, 11) is 0. The van der Waals surface area contributed by atoms with Gasteiger partial charge in [-0.25, -0.2) is 4.98 Å². The van der Waals surface area contributed by atoms with Gasteiger partial charge in [-0.05, 0) is 31.7 Å². The standard InChI is InChI=1S/C16H30N2S/c1-6-9-10-16(8-3,17-11-7-2)15-18-14(12-19-15)13(4)5/h12-13,17H,6-11H2,1-5H3. The third-order valence-electron chi connectivity index (χ3n) is 3.80. The molecule has 2 nitrogen and oxygen atoms in total. The Balaban J connectivity index is 2.97. The van der Waals surface area contributed by atoms with Crippen molar-refractivity contribution in [3.8, 4) is 0 Å². The summed E-state index contributed by atoms with van der Waals surface area (Å²) in [6.45, 7) is 12.3. The number of nitrogens with zero attached hydrogens (tertiary/aromatic N) is 1. The topological polar surface area (TPSA) is 24.9 Å². The zero-order valence-electron chi connectivity index (χ0n) is 13.3. The summed E-state index contributed by atoms with van der Waals surface area (Å²) < 4.78 is 0. The lowest BCUT2D eigenvalue weighted by Gasteiger charge is -2.32. The predicted octanol–water partition coefficient (Wildman–Crippen LogP) is 5.06. The average molecular weight is 282 g/mol. The van der Waals surface area contributed by atoms with Crippen LogP contribution in [0.2, 0.25) is 0 Å². The van der Waals surface area contributed by atoms with Gasteiger partial charge in [-0.15, -0.1) is 11.3 Å². The summed E-state index contributed by atoms with van der Waals surface area (Å²) in [5.41, 5.74) is 1.34. The molecular formula is C16H30N2S. The fourth-order valence-corrected chi connectivity index (χ4v) is 3.60. The van der Waals surface area contributed by atoms with Crippen LogP contribution in [0.4, 0.5) is 0 Å². The van der Waals surface area contributed by atoms with Crippen LogP contribution in [0.15, 0.2) is 5.38 Å². The number of hydrogen-bond donors (Lipinski definition) is 1. The molecule has 0 aliphatic carbocycles. The second-order valence-corrected chi connectivity index (χ2v) is 6.56. The van der Waals surface area contributed by atoms with Crippen LogP contribution < -0.4 is 5.32 Å². The predicted molar refractivity (Wildman–Crippen MR) is 86.0 cm³/mol. The minimum atomic E-state index is 0.101. The van der Waals surface area contributed by atoms with Gasteiger partial charge >= 0.3 is 0 Å². The second kappa shape index (κ2) is 8.01. The molecule has 0 amide bonds. The minimum Gasteiger partial charge on any atom is -0.305 e. The first kappa shape index (κ1) is 16.6. The number of nitrogens with one attached hydrogen (secondary N) is 1. The molecule has 0 saturated heterocycles. The first-order valence-electron chi connectivity index (χ1n) is 7.80. The molecule has 0 radical (unpaired) electrons. The number of rotatable bonds is 9. The van der Waals surface area contributed by atoms with Gasteiger partial charge in [-0.3, -0.25) is 0 Å². The maximum Gasteiger partial charge on any atom is 0.113 e. The van der Waals surface area contributed by atoms with Crippen molar-refractivity contribution in [1.82, 2.24) is 10.3 Å². The molecule has 1 atom stereocenters. The Hall–Kier alpha value is -0.410. The van der Waals surface area contributed by atoms with Gasteiger partial charge in [-0.1, -0.05) is 47.5 Å². The van der Waals surface area contributed by atoms with Crippen LogP contribution in [-0.4, -0.2) is 11.5 Å². The highest BCUT2D eigenvalue weighted by molar-refractivity contribution is 7.09. The maximum absolute atomic E-state index is 4.91. The van der Waals surface area contributed by atoms with Crippen molar-refractivity contribution in [2.24, 2.45) is 0 Å². The molecule has 1 heterocycles. The van der Waals surface area contributed by atoms with E-state index in [0.717, 1.165) is 13.0 Å².